The van der Waals surface area contributed by atoms with Crippen LogP contribution in [0.15, 0.2) is 0 Å². The summed E-state index contributed by atoms with van der Waals surface area (Å²) in [7, 11) is 0. The van der Waals surface area contributed by atoms with E-state index in [0.29, 0.717) is 0 Å². The molecular weight excluding hydrogens is 216 g/mol. The van der Waals surface area contributed by atoms with Crippen LogP contribution in [-0.2, 0) is 13.0 Å². The largest absolute Gasteiger partial charge is 0.310 e. The lowest BCUT2D eigenvalue weighted by atomic mass is 9.86. The number of rotatable bonds is 4. The molecule has 1 aliphatic rings. The molecule has 1 aliphatic carbocycles. The Hall–Kier alpha value is -0.410. The lowest BCUT2D eigenvalue weighted by Gasteiger charge is -2.22. The molecule has 0 fully saturated rings. The number of hydrogen-bond acceptors (Lipinski definition) is 3. The van der Waals surface area contributed by atoms with Crippen molar-refractivity contribution in [1.29, 1.82) is 0 Å². The highest BCUT2D eigenvalue weighted by Gasteiger charge is 2.25. The van der Waals surface area contributed by atoms with Gasteiger partial charge in [-0.25, -0.2) is 4.98 Å². The summed E-state index contributed by atoms with van der Waals surface area (Å²) in [5.74, 6) is 1.53. The fourth-order valence-corrected chi connectivity index (χ4v) is 3.65. The minimum atomic E-state index is 0.719. The first-order valence-electron chi connectivity index (χ1n) is 6.39. The van der Waals surface area contributed by atoms with E-state index in [2.05, 4.69) is 26.1 Å². The third-order valence-corrected chi connectivity index (χ3v) is 4.55. The van der Waals surface area contributed by atoms with Crippen LogP contribution in [0.3, 0.4) is 0 Å². The molecule has 2 nitrogen and oxygen atoms in total. The number of nitrogens with zero attached hydrogens (tertiary/aromatic N) is 1. The van der Waals surface area contributed by atoms with Crippen molar-refractivity contribution < 1.29 is 0 Å². The number of thiazole rings is 1. The van der Waals surface area contributed by atoms with Crippen LogP contribution in [0.4, 0.5) is 0 Å². The number of aromatic nitrogens is 1. The maximum absolute atomic E-state index is 4.78. The van der Waals surface area contributed by atoms with Crippen molar-refractivity contribution in [2.45, 2.75) is 52.5 Å². The van der Waals surface area contributed by atoms with E-state index in [9.17, 15) is 0 Å². The van der Waals surface area contributed by atoms with Crippen LogP contribution in [0, 0.1) is 5.92 Å². The molecule has 0 spiro atoms. The third kappa shape index (κ3) is 2.64. The Morgan fingerprint density at radius 1 is 1.44 bits per heavy atom. The Morgan fingerprint density at radius 2 is 2.25 bits per heavy atom. The van der Waals surface area contributed by atoms with Gasteiger partial charge in [-0.1, -0.05) is 20.8 Å². The van der Waals surface area contributed by atoms with Gasteiger partial charge < -0.3 is 5.32 Å². The predicted octanol–water partition coefficient (Wildman–Crippen LogP) is 3.33. The molecule has 1 N–H and O–H groups in total. The highest BCUT2D eigenvalue weighted by Crippen LogP contribution is 2.37. The highest BCUT2D eigenvalue weighted by atomic mass is 32.1. The summed E-state index contributed by atoms with van der Waals surface area (Å²) in [5.41, 5.74) is 1.38. The Bertz CT molecular complexity index is 346. The van der Waals surface area contributed by atoms with E-state index in [4.69, 9.17) is 4.98 Å². The van der Waals surface area contributed by atoms with E-state index in [1.165, 1.54) is 30.0 Å². The first-order chi connectivity index (χ1) is 7.70. The van der Waals surface area contributed by atoms with Crippen LogP contribution in [0.1, 0.15) is 55.1 Å². The fourth-order valence-electron chi connectivity index (χ4n) is 2.52. The monoisotopic (exact) mass is 238 g/mol. The van der Waals surface area contributed by atoms with Crippen LogP contribution in [0.25, 0.3) is 0 Å². The van der Waals surface area contributed by atoms with Gasteiger partial charge in [-0.15, -0.1) is 11.3 Å². The zero-order valence-corrected chi connectivity index (χ0v) is 11.4. The van der Waals surface area contributed by atoms with Crippen molar-refractivity contribution >= 4 is 11.3 Å². The van der Waals surface area contributed by atoms with E-state index in [1.54, 1.807) is 4.88 Å². The lowest BCUT2D eigenvalue weighted by molar-refractivity contribution is 0.449. The van der Waals surface area contributed by atoms with E-state index in [0.717, 1.165) is 24.9 Å². The minimum absolute atomic E-state index is 0.719. The molecule has 1 heterocycles. The summed E-state index contributed by atoms with van der Waals surface area (Å²) < 4.78 is 0. The van der Waals surface area contributed by atoms with Crippen molar-refractivity contribution in [2.75, 3.05) is 6.54 Å². The van der Waals surface area contributed by atoms with Crippen molar-refractivity contribution in [3.63, 3.8) is 0 Å². The van der Waals surface area contributed by atoms with Gasteiger partial charge >= 0.3 is 0 Å². The molecule has 0 radical (unpaired) electrons. The van der Waals surface area contributed by atoms with Gasteiger partial charge in [-0.05, 0) is 37.6 Å². The highest BCUT2D eigenvalue weighted by molar-refractivity contribution is 7.11. The second-order valence-electron chi connectivity index (χ2n) is 5.04. The molecule has 0 aliphatic heterocycles. The molecule has 0 saturated heterocycles. The molecule has 16 heavy (non-hydrogen) atoms. The predicted molar refractivity (Wildman–Crippen MR) is 70.0 cm³/mol. The zero-order chi connectivity index (χ0) is 11.5. The van der Waals surface area contributed by atoms with Gasteiger partial charge in [0, 0.05) is 11.4 Å². The van der Waals surface area contributed by atoms with Gasteiger partial charge in [-0.2, -0.15) is 0 Å². The maximum Gasteiger partial charge on any atom is 0.107 e. The second kappa shape index (κ2) is 5.28. The molecule has 0 aromatic carbocycles. The zero-order valence-electron chi connectivity index (χ0n) is 10.5. The third-order valence-electron chi connectivity index (χ3n) is 3.22. The van der Waals surface area contributed by atoms with E-state index < -0.39 is 0 Å². The van der Waals surface area contributed by atoms with Gasteiger partial charge in [0.1, 0.15) is 5.01 Å². The summed E-state index contributed by atoms with van der Waals surface area (Å²) in [6.07, 6.45) is 3.71. The Morgan fingerprint density at radius 3 is 3.00 bits per heavy atom. The van der Waals surface area contributed by atoms with Crippen molar-refractivity contribution in [2.24, 2.45) is 5.92 Å². The molecule has 2 unspecified atom stereocenters. The summed E-state index contributed by atoms with van der Waals surface area (Å²) in [6, 6.07) is 0. The van der Waals surface area contributed by atoms with E-state index in [1.807, 2.05) is 11.3 Å². The van der Waals surface area contributed by atoms with Gasteiger partial charge in [0.2, 0.25) is 0 Å². The topological polar surface area (TPSA) is 24.9 Å². The smallest absolute Gasteiger partial charge is 0.107 e. The second-order valence-corrected chi connectivity index (χ2v) is 6.16. The lowest BCUT2D eigenvalue weighted by Crippen LogP contribution is -2.14. The minimum Gasteiger partial charge on any atom is -0.310 e. The van der Waals surface area contributed by atoms with E-state index in [-0.39, 0.29) is 0 Å². The van der Waals surface area contributed by atoms with Crippen LogP contribution in [0.5, 0.6) is 0 Å². The van der Waals surface area contributed by atoms with Crippen LogP contribution in [0.2, 0.25) is 0 Å². The van der Waals surface area contributed by atoms with Gasteiger partial charge in [0.15, 0.2) is 0 Å². The standard InChI is InChI=1S/C13H22N2S/c1-4-5-14-8-12-15-11-7-9(2)6-10(3)13(11)16-12/h9-10,14H,4-8H2,1-3H3. The normalized spacial score (nSPS) is 24.4. The summed E-state index contributed by atoms with van der Waals surface area (Å²) in [6.45, 7) is 8.93. The molecule has 2 rings (SSSR count). The summed E-state index contributed by atoms with van der Waals surface area (Å²) in [4.78, 5) is 6.33. The van der Waals surface area contributed by atoms with Crippen molar-refractivity contribution in [1.82, 2.24) is 10.3 Å². The van der Waals surface area contributed by atoms with Crippen LogP contribution < -0.4 is 5.32 Å². The molecular formula is C13H22N2S. The van der Waals surface area contributed by atoms with Crippen molar-refractivity contribution in [3.8, 4) is 0 Å². The molecule has 3 heteroatoms. The van der Waals surface area contributed by atoms with Crippen molar-refractivity contribution in [3.05, 3.63) is 15.6 Å². The van der Waals surface area contributed by atoms with Crippen LogP contribution in [-0.4, -0.2) is 11.5 Å². The Kier molecular flexibility index (Phi) is 3.98. The van der Waals surface area contributed by atoms with Gasteiger partial charge in [0.25, 0.3) is 0 Å². The van der Waals surface area contributed by atoms with Crippen LogP contribution >= 0.6 is 11.3 Å². The number of hydrogen-bond donors (Lipinski definition) is 1. The SMILES string of the molecule is CCCNCc1nc2c(s1)C(C)CC(C)C2. The van der Waals surface area contributed by atoms with Gasteiger partial charge in [0.05, 0.1) is 5.69 Å². The molecule has 1 aromatic heterocycles. The quantitative estimate of drug-likeness (QED) is 0.814. The van der Waals surface area contributed by atoms with E-state index >= 15 is 0 Å². The average Bonchev–Trinajstić information content (AvgIpc) is 2.61. The molecule has 1 aromatic rings. The average molecular weight is 238 g/mol. The first kappa shape index (κ1) is 12.1. The Labute approximate surface area is 102 Å². The molecule has 90 valence electrons. The Balaban J connectivity index is 2.05. The fraction of sp³-hybridized carbons (Fsp3) is 0.769. The maximum atomic E-state index is 4.78. The first-order valence-corrected chi connectivity index (χ1v) is 7.21. The molecule has 0 saturated carbocycles. The number of fused-ring (bicyclic) bond motifs is 1. The molecule has 0 bridgehead atoms. The summed E-state index contributed by atoms with van der Waals surface area (Å²) >= 11 is 1.92. The molecule has 2 atom stereocenters. The number of nitrogens with one attached hydrogen (secondary N) is 1. The van der Waals surface area contributed by atoms with Gasteiger partial charge in [-0.3, -0.25) is 0 Å². The summed E-state index contributed by atoms with van der Waals surface area (Å²) in [5, 5.41) is 4.71. The molecule has 0 amide bonds.